The molecule has 23 heavy (non-hydrogen) atoms. The molecule has 1 aliphatic heterocycles. The molecule has 1 fully saturated rings. The quantitative estimate of drug-likeness (QED) is 0.680. The Morgan fingerprint density at radius 3 is 2.39 bits per heavy atom. The van der Waals surface area contributed by atoms with Crippen molar-refractivity contribution in [3.63, 3.8) is 0 Å². The van der Waals surface area contributed by atoms with Crippen molar-refractivity contribution in [1.82, 2.24) is 14.8 Å². The van der Waals surface area contributed by atoms with Gasteiger partial charge < -0.3 is 5.32 Å². The highest BCUT2D eigenvalue weighted by molar-refractivity contribution is 7.90. The second-order valence-corrected chi connectivity index (χ2v) is 8.87. The number of rotatable bonds is 5. The second-order valence-electron chi connectivity index (χ2n) is 5.30. The van der Waals surface area contributed by atoms with Crippen molar-refractivity contribution in [2.45, 2.75) is 35.6 Å². The van der Waals surface area contributed by atoms with Crippen molar-refractivity contribution in [1.29, 1.82) is 0 Å². The first kappa shape index (κ1) is 20.3. The van der Waals surface area contributed by atoms with Gasteiger partial charge in [-0.05, 0) is 57.1 Å². The summed E-state index contributed by atoms with van der Waals surface area (Å²) in [5.41, 5.74) is 0.388. The van der Waals surface area contributed by atoms with Gasteiger partial charge in [0.15, 0.2) is 0 Å². The number of hydrogen-bond acceptors (Lipinski definition) is 5. The minimum Gasteiger partial charge on any atom is -0.315 e. The number of halogens is 1. The van der Waals surface area contributed by atoms with Gasteiger partial charge in [-0.1, -0.05) is 0 Å². The maximum absolute atomic E-state index is 12.4. The molecule has 0 aromatic heterocycles. The van der Waals surface area contributed by atoms with Crippen LogP contribution in [0.5, 0.6) is 0 Å². The van der Waals surface area contributed by atoms with Gasteiger partial charge in [-0.3, -0.25) is 0 Å². The van der Waals surface area contributed by atoms with Crippen molar-refractivity contribution in [3.05, 3.63) is 23.8 Å². The third-order valence-corrected chi connectivity index (χ3v) is 6.73. The molecule has 1 aromatic carbocycles. The van der Waals surface area contributed by atoms with Crippen LogP contribution < -0.4 is 14.8 Å². The van der Waals surface area contributed by atoms with Crippen molar-refractivity contribution < 1.29 is 16.8 Å². The lowest BCUT2D eigenvalue weighted by Gasteiger charge is -2.23. The molecular formula is C13H22ClN3O4S2. The Hall–Kier alpha value is -0.710. The summed E-state index contributed by atoms with van der Waals surface area (Å²) >= 11 is 0. The molecule has 0 bridgehead atoms. The molecule has 0 radical (unpaired) electrons. The summed E-state index contributed by atoms with van der Waals surface area (Å²) in [6.45, 7) is 3.07. The highest BCUT2D eigenvalue weighted by atomic mass is 35.5. The fourth-order valence-corrected chi connectivity index (χ4v) is 4.75. The van der Waals surface area contributed by atoms with Crippen LogP contribution in [0.2, 0.25) is 0 Å². The molecule has 7 nitrogen and oxygen atoms in total. The van der Waals surface area contributed by atoms with E-state index in [9.17, 15) is 16.8 Å². The number of benzene rings is 1. The standard InChI is InChI=1S/C13H21N3O4S2.ClH/c1-10-8-12(5-6-13(10)22(19,20)14-2)21(17,18)16-11-4-3-7-15-9-11;/h5-6,8,11,14-16H,3-4,7,9H2,1-2H3;1H/t11-;/m0./s1. The molecule has 1 heterocycles. The van der Waals surface area contributed by atoms with E-state index in [4.69, 9.17) is 0 Å². The summed E-state index contributed by atoms with van der Waals surface area (Å²) in [6.07, 6.45) is 1.71. The van der Waals surface area contributed by atoms with Gasteiger partial charge in [0.1, 0.15) is 0 Å². The average molecular weight is 384 g/mol. The van der Waals surface area contributed by atoms with E-state index in [0.717, 1.165) is 19.4 Å². The first-order chi connectivity index (χ1) is 10.3. The summed E-state index contributed by atoms with van der Waals surface area (Å²) in [4.78, 5) is 0.152. The summed E-state index contributed by atoms with van der Waals surface area (Å²) in [6, 6.07) is 3.87. The van der Waals surface area contributed by atoms with E-state index in [1.54, 1.807) is 6.92 Å². The molecule has 132 valence electrons. The van der Waals surface area contributed by atoms with E-state index in [1.165, 1.54) is 25.2 Å². The first-order valence-electron chi connectivity index (χ1n) is 7.03. The van der Waals surface area contributed by atoms with Crippen LogP contribution in [0.1, 0.15) is 18.4 Å². The van der Waals surface area contributed by atoms with Gasteiger partial charge in [0, 0.05) is 12.6 Å². The zero-order valence-electron chi connectivity index (χ0n) is 13.0. The summed E-state index contributed by atoms with van der Waals surface area (Å²) < 4.78 is 53.3. The summed E-state index contributed by atoms with van der Waals surface area (Å²) in [5.74, 6) is 0. The predicted octanol–water partition coefficient (Wildman–Crippen LogP) is 0.355. The molecule has 2 rings (SSSR count). The number of hydrogen-bond donors (Lipinski definition) is 3. The molecule has 1 aromatic rings. The van der Waals surface area contributed by atoms with E-state index in [2.05, 4.69) is 14.8 Å². The van der Waals surface area contributed by atoms with Crippen LogP contribution in [0.4, 0.5) is 0 Å². The average Bonchev–Trinajstić information content (AvgIpc) is 2.47. The van der Waals surface area contributed by atoms with Gasteiger partial charge in [-0.15, -0.1) is 12.4 Å². The second kappa shape index (κ2) is 7.91. The third-order valence-electron chi connectivity index (χ3n) is 3.63. The minimum atomic E-state index is -3.66. The Labute approximate surface area is 143 Å². The number of aryl methyl sites for hydroxylation is 1. The predicted molar refractivity (Wildman–Crippen MR) is 90.9 cm³/mol. The van der Waals surface area contributed by atoms with Crippen LogP contribution in [-0.4, -0.2) is 43.0 Å². The zero-order chi connectivity index (χ0) is 16.4. The van der Waals surface area contributed by atoms with Gasteiger partial charge >= 0.3 is 0 Å². The molecule has 0 amide bonds. The maximum Gasteiger partial charge on any atom is 0.240 e. The van der Waals surface area contributed by atoms with Gasteiger partial charge in [0.25, 0.3) is 0 Å². The van der Waals surface area contributed by atoms with Crippen LogP contribution in [0.3, 0.4) is 0 Å². The first-order valence-corrected chi connectivity index (χ1v) is 10.00. The molecule has 1 aliphatic rings. The van der Waals surface area contributed by atoms with Gasteiger partial charge in [-0.25, -0.2) is 26.3 Å². The number of nitrogens with one attached hydrogen (secondary N) is 3. The summed E-state index contributed by atoms with van der Waals surface area (Å²) in [5, 5.41) is 3.14. The van der Waals surface area contributed by atoms with Crippen LogP contribution >= 0.6 is 12.4 Å². The van der Waals surface area contributed by atoms with Gasteiger partial charge in [0.05, 0.1) is 9.79 Å². The van der Waals surface area contributed by atoms with E-state index in [1.807, 2.05) is 0 Å². The van der Waals surface area contributed by atoms with Crippen molar-refractivity contribution >= 4 is 32.5 Å². The smallest absolute Gasteiger partial charge is 0.240 e. The molecule has 0 saturated carbocycles. The molecular weight excluding hydrogens is 362 g/mol. The molecule has 0 spiro atoms. The lowest BCUT2D eigenvalue weighted by Crippen LogP contribution is -2.45. The van der Waals surface area contributed by atoms with Crippen LogP contribution in [-0.2, 0) is 20.0 Å². The van der Waals surface area contributed by atoms with Crippen LogP contribution in [0.25, 0.3) is 0 Å². The normalized spacial score (nSPS) is 19.1. The molecule has 10 heteroatoms. The van der Waals surface area contributed by atoms with Crippen LogP contribution in [0.15, 0.2) is 28.0 Å². The highest BCUT2D eigenvalue weighted by Crippen LogP contribution is 2.20. The van der Waals surface area contributed by atoms with Gasteiger partial charge in [0.2, 0.25) is 20.0 Å². The van der Waals surface area contributed by atoms with E-state index >= 15 is 0 Å². The third kappa shape index (κ3) is 4.88. The lowest BCUT2D eigenvalue weighted by molar-refractivity contribution is 0.428. The van der Waals surface area contributed by atoms with Crippen molar-refractivity contribution in [2.24, 2.45) is 0 Å². The lowest BCUT2D eigenvalue weighted by atomic mass is 10.1. The molecule has 0 unspecified atom stereocenters. The van der Waals surface area contributed by atoms with E-state index in [0.29, 0.717) is 12.1 Å². The zero-order valence-corrected chi connectivity index (χ0v) is 15.4. The van der Waals surface area contributed by atoms with Crippen molar-refractivity contribution in [2.75, 3.05) is 20.1 Å². The molecule has 3 N–H and O–H groups in total. The van der Waals surface area contributed by atoms with E-state index in [-0.39, 0.29) is 28.2 Å². The molecule has 1 saturated heterocycles. The van der Waals surface area contributed by atoms with Gasteiger partial charge in [-0.2, -0.15) is 0 Å². The van der Waals surface area contributed by atoms with Crippen LogP contribution in [0, 0.1) is 6.92 Å². The molecule has 0 aliphatic carbocycles. The fraction of sp³-hybridized carbons (Fsp3) is 0.538. The Kier molecular flexibility index (Phi) is 6.99. The fourth-order valence-electron chi connectivity index (χ4n) is 2.44. The molecule has 1 atom stereocenters. The monoisotopic (exact) mass is 383 g/mol. The van der Waals surface area contributed by atoms with Crippen molar-refractivity contribution in [3.8, 4) is 0 Å². The Morgan fingerprint density at radius 2 is 1.87 bits per heavy atom. The Morgan fingerprint density at radius 1 is 1.17 bits per heavy atom. The SMILES string of the molecule is CNS(=O)(=O)c1ccc(S(=O)(=O)N[C@H]2CCCNC2)cc1C.Cl. The largest absolute Gasteiger partial charge is 0.315 e. The Bertz CT molecular complexity index is 744. The topological polar surface area (TPSA) is 104 Å². The minimum absolute atomic E-state index is 0. The Balaban J connectivity index is 0.00000264. The summed E-state index contributed by atoms with van der Waals surface area (Å²) in [7, 11) is -5.93. The highest BCUT2D eigenvalue weighted by Gasteiger charge is 2.23. The number of sulfonamides is 2. The number of piperidine rings is 1. The van der Waals surface area contributed by atoms with E-state index < -0.39 is 20.0 Å². The maximum atomic E-state index is 12.4.